The quantitative estimate of drug-likeness (QED) is 0.0964. The highest BCUT2D eigenvalue weighted by Gasteiger charge is 2.31. The number of rotatable bonds is 13. The molecule has 9 heteroatoms. The summed E-state index contributed by atoms with van der Waals surface area (Å²) in [6.45, 7) is 10.7. The summed E-state index contributed by atoms with van der Waals surface area (Å²) in [6.07, 6.45) is 12.3. The molecule has 0 bridgehead atoms. The van der Waals surface area contributed by atoms with Gasteiger partial charge in [0.2, 0.25) is 0 Å². The Morgan fingerprint density at radius 2 is 1.77 bits per heavy atom. The van der Waals surface area contributed by atoms with Crippen LogP contribution in [-0.2, 0) is 4.79 Å². The molecule has 1 aliphatic heterocycles. The van der Waals surface area contributed by atoms with E-state index in [-0.39, 0.29) is 12.0 Å². The third-order valence-electron chi connectivity index (χ3n) is 6.80. The summed E-state index contributed by atoms with van der Waals surface area (Å²) in [5.74, 6) is 0.184. The van der Waals surface area contributed by atoms with Gasteiger partial charge in [0, 0.05) is 50.0 Å². The smallest absolute Gasteiger partial charge is 0.327 e. The van der Waals surface area contributed by atoms with Gasteiger partial charge in [0.25, 0.3) is 0 Å². The number of halogens is 1. The second kappa shape index (κ2) is 15.6. The van der Waals surface area contributed by atoms with Gasteiger partial charge in [-0.05, 0) is 70.0 Å². The molecule has 4 rings (SSSR count). The molecule has 1 aliphatic rings. The molecule has 1 atom stereocenters. The van der Waals surface area contributed by atoms with Gasteiger partial charge in [0.05, 0.1) is 36.2 Å². The van der Waals surface area contributed by atoms with Crippen LogP contribution in [0, 0.1) is 13.8 Å². The molecule has 0 aliphatic carbocycles. The minimum Gasteiger partial charge on any atom is -0.425 e. The van der Waals surface area contributed by atoms with E-state index in [1.807, 2.05) is 61.7 Å². The van der Waals surface area contributed by atoms with Gasteiger partial charge >= 0.3 is 5.97 Å². The first-order valence-electron chi connectivity index (χ1n) is 14.5. The molecule has 3 aromatic rings. The first kappa shape index (κ1) is 32.1. The molecule has 0 saturated heterocycles. The number of alkyl halides is 1. The van der Waals surface area contributed by atoms with Crippen LogP contribution in [0.1, 0.15) is 54.4 Å². The summed E-state index contributed by atoms with van der Waals surface area (Å²) < 4.78 is 5.27. The SMILES string of the molecule is Cc1cc(C)c(OC(=O)C(C)(C)Br)c(C(c2ccccn2)N(CCN=CC2=NCCC=C2)CCN=Cc2ccccn2)c1. The van der Waals surface area contributed by atoms with Gasteiger partial charge in [-0.15, -0.1) is 0 Å². The lowest BCUT2D eigenvalue weighted by Gasteiger charge is -2.33. The molecule has 1 unspecified atom stereocenters. The number of dihydropyridines is 1. The minimum absolute atomic E-state index is 0.312. The van der Waals surface area contributed by atoms with Crippen LogP contribution in [0.4, 0.5) is 0 Å². The zero-order valence-corrected chi connectivity index (χ0v) is 26.9. The monoisotopic (exact) mass is 642 g/mol. The van der Waals surface area contributed by atoms with Crippen molar-refractivity contribution in [2.45, 2.75) is 44.5 Å². The zero-order valence-electron chi connectivity index (χ0n) is 25.3. The number of hydrogen-bond donors (Lipinski definition) is 0. The predicted octanol–water partition coefficient (Wildman–Crippen LogP) is 6.15. The number of aliphatic imine (C=N–C) groups is 3. The number of aromatic nitrogens is 2. The van der Waals surface area contributed by atoms with Crippen molar-refractivity contribution in [1.82, 2.24) is 14.9 Å². The summed E-state index contributed by atoms with van der Waals surface area (Å²) in [4.78, 5) is 38.4. The summed E-state index contributed by atoms with van der Waals surface area (Å²) >= 11 is 3.46. The molecule has 0 saturated carbocycles. The van der Waals surface area contributed by atoms with Crippen molar-refractivity contribution in [3.05, 3.63) is 101 Å². The number of carbonyl (C=O) groups excluding carboxylic acids is 1. The fourth-order valence-electron chi connectivity index (χ4n) is 4.74. The molecule has 8 nitrogen and oxygen atoms in total. The Kier molecular flexibility index (Phi) is 11.6. The lowest BCUT2D eigenvalue weighted by molar-refractivity contribution is -0.136. The fraction of sp³-hybridized carbons (Fsp3) is 0.353. The number of benzene rings is 1. The average Bonchev–Trinajstić information content (AvgIpc) is 3.00. The van der Waals surface area contributed by atoms with E-state index < -0.39 is 4.32 Å². The lowest BCUT2D eigenvalue weighted by Crippen LogP contribution is -2.36. The third-order valence-corrected chi connectivity index (χ3v) is 7.13. The van der Waals surface area contributed by atoms with E-state index in [2.05, 4.69) is 54.9 Å². The van der Waals surface area contributed by atoms with Crippen LogP contribution < -0.4 is 4.74 Å². The molecule has 1 aromatic carbocycles. The van der Waals surface area contributed by atoms with Gasteiger partial charge in [-0.25, -0.2) is 0 Å². The zero-order chi connectivity index (χ0) is 30.7. The van der Waals surface area contributed by atoms with E-state index in [0.717, 1.165) is 46.8 Å². The Morgan fingerprint density at radius 1 is 1.05 bits per heavy atom. The summed E-state index contributed by atoms with van der Waals surface area (Å²) in [7, 11) is 0. The highest BCUT2D eigenvalue weighted by atomic mass is 79.9. The molecule has 224 valence electrons. The van der Waals surface area contributed by atoms with Crippen LogP contribution in [0.3, 0.4) is 0 Å². The molecule has 2 aromatic heterocycles. The van der Waals surface area contributed by atoms with Gasteiger partial charge in [-0.1, -0.05) is 51.8 Å². The second-order valence-electron chi connectivity index (χ2n) is 10.9. The fourth-order valence-corrected chi connectivity index (χ4v) is 4.83. The van der Waals surface area contributed by atoms with Gasteiger partial charge in [-0.3, -0.25) is 34.6 Å². The van der Waals surface area contributed by atoms with Crippen molar-refractivity contribution in [2.75, 3.05) is 32.7 Å². The Bertz CT molecular complexity index is 1480. The molecule has 3 heterocycles. The normalized spacial score (nSPS) is 14.4. The Morgan fingerprint density at radius 3 is 2.40 bits per heavy atom. The molecule has 0 N–H and O–H groups in total. The lowest BCUT2D eigenvalue weighted by atomic mass is 9.95. The van der Waals surface area contributed by atoms with Crippen LogP contribution in [-0.4, -0.2) is 76.0 Å². The van der Waals surface area contributed by atoms with Gasteiger partial charge in [0.1, 0.15) is 10.1 Å². The summed E-state index contributed by atoms with van der Waals surface area (Å²) in [5.41, 5.74) is 5.37. The molecule has 0 amide bonds. The minimum atomic E-state index is -0.840. The van der Waals surface area contributed by atoms with E-state index >= 15 is 0 Å². The van der Waals surface area contributed by atoms with Gasteiger partial charge < -0.3 is 4.74 Å². The van der Waals surface area contributed by atoms with Crippen molar-refractivity contribution in [1.29, 1.82) is 0 Å². The van der Waals surface area contributed by atoms with E-state index in [1.54, 1.807) is 32.5 Å². The number of pyridine rings is 2. The van der Waals surface area contributed by atoms with E-state index in [1.165, 1.54) is 0 Å². The molecular formula is C34H39BrN6O2. The Labute approximate surface area is 262 Å². The topological polar surface area (TPSA) is 92.4 Å². The van der Waals surface area contributed by atoms with Crippen molar-refractivity contribution < 1.29 is 9.53 Å². The highest BCUT2D eigenvalue weighted by Crippen LogP contribution is 2.38. The highest BCUT2D eigenvalue weighted by molar-refractivity contribution is 9.10. The van der Waals surface area contributed by atoms with Crippen molar-refractivity contribution in [3.63, 3.8) is 0 Å². The maximum atomic E-state index is 13.1. The molecule has 0 radical (unpaired) electrons. The Hall–Kier alpha value is -3.82. The van der Waals surface area contributed by atoms with Crippen LogP contribution in [0.5, 0.6) is 5.75 Å². The number of allylic oxidation sites excluding steroid dienone is 1. The number of aryl methyl sites for hydroxylation is 2. The van der Waals surface area contributed by atoms with E-state index in [9.17, 15) is 4.79 Å². The van der Waals surface area contributed by atoms with Crippen LogP contribution in [0.2, 0.25) is 0 Å². The van der Waals surface area contributed by atoms with Crippen LogP contribution >= 0.6 is 15.9 Å². The summed E-state index contributed by atoms with van der Waals surface area (Å²) in [6, 6.07) is 15.5. The van der Waals surface area contributed by atoms with Crippen molar-refractivity contribution >= 4 is 40.0 Å². The second-order valence-corrected chi connectivity index (χ2v) is 12.9. The molecular weight excluding hydrogens is 604 g/mol. The van der Waals surface area contributed by atoms with Crippen LogP contribution in [0.25, 0.3) is 0 Å². The van der Waals surface area contributed by atoms with E-state index in [0.29, 0.717) is 31.9 Å². The number of carbonyl (C=O) groups is 1. The number of ether oxygens (including phenoxy) is 1. The standard InChI is InChI=1S/C34H39BrN6O2/c1-25-21-26(2)32(43-33(42)34(3,4)35)29(22-25)31(30-13-7-10-16-40-30)41(19-17-36-23-27-11-5-8-14-38-27)20-18-37-24-28-12-6-9-15-39-28/h5-8,10-14,16,21-24,31H,9,15,17-20H2,1-4H3. The third kappa shape index (κ3) is 9.59. The average molecular weight is 644 g/mol. The van der Waals surface area contributed by atoms with Crippen molar-refractivity contribution in [2.24, 2.45) is 15.0 Å². The number of hydrogen-bond acceptors (Lipinski definition) is 8. The summed E-state index contributed by atoms with van der Waals surface area (Å²) in [5, 5.41) is 0. The number of nitrogens with zero attached hydrogens (tertiary/aromatic N) is 6. The van der Waals surface area contributed by atoms with Gasteiger partial charge in [-0.2, -0.15) is 0 Å². The van der Waals surface area contributed by atoms with Crippen LogP contribution in [0.15, 0.2) is 88.1 Å². The molecule has 43 heavy (non-hydrogen) atoms. The molecule has 0 fully saturated rings. The predicted molar refractivity (Wildman–Crippen MR) is 178 cm³/mol. The van der Waals surface area contributed by atoms with Crippen molar-refractivity contribution in [3.8, 4) is 5.75 Å². The first-order chi connectivity index (χ1) is 20.7. The molecule has 0 spiro atoms. The van der Waals surface area contributed by atoms with E-state index in [4.69, 9.17) is 14.7 Å². The largest absolute Gasteiger partial charge is 0.425 e. The maximum absolute atomic E-state index is 13.1. The first-order valence-corrected chi connectivity index (χ1v) is 15.3. The number of esters is 1. The van der Waals surface area contributed by atoms with Gasteiger partial charge in [0.15, 0.2) is 0 Å². The Balaban J connectivity index is 1.71. The maximum Gasteiger partial charge on any atom is 0.327 e.